The van der Waals surface area contributed by atoms with Crippen LogP contribution in [0.2, 0.25) is 0 Å². The van der Waals surface area contributed by atoms with Crippen molar-refractivity contribution < 1.29 is 0 Å². The van der Waals surface area contributed by atoms with Crippen LogP contribution in [-0.4, -0.2) is 36.6 Å². The molecule has 1 aliphatic rings. The van der Waals surface area contributed by atoms with Crippen molar-refractivity contribution in [3.63, 3.8) is 0 Å². The number of likely N-dealkylation sites (N-methyl/N-ethyl adjacent to an activating group) is 2. The molecule has 102 valence electrons. The average Bonchev–Trinajstić information content (AvgIpc) is 2.28. The molecule has 1 rings (SSSR count). The van der Waals surface area contributed by atoms with Crippen LogP contribution in [0.1, 0.15) is 53.9 Å². The van der Waals surface area contributed by atoms with Crippen LogP contribution in [0.25, 0.3) is 0 Å². The largest absolute Gasteiger partial charge is 0.313 e. The third-order valence-corrected chi connectivity index (χ3v) is 4.02. The molecule has 0 saturated heterocycles. The summed E-state index contributed by atoms with van der Waals surface area (Å²) >= 11 is 0. The average molecular weight is 240 g/mol. The summed E-state index contributed by atoms with van der Waals surface area (Å²) in [5, 5.41) is 3.70. The van der Waals surface area contributed by atoms with E-state index >= 15 is 0 Å². The zero-order valence-corrected chi connectivity index (χ0v) is 12.5. The Morgan fingerprint density at radius 3 is 2.47 bits per heavy atom. The van der Waals surface area contributed by atoms with Gasteiger partial charge in [0.2, 0.25) is 0 Å². The van der Waals surface area contributed by atoms with Crippen molar-refractivity contribution in [1.82, 2.24) is 10.2 Å². The zero-order valence-electron chi connectivity index (χ0n) is 12.5. The number of rotatable bonds is 6. The molecular formula is C15H32N2. The summed E-state index contributed by atoms with van der Waals surface area (Å²) in [6.45, 7) is 15.2. The summed E-state index contributed by atoms with van der Waals surface area (Å²) in [7, 11) is 0. The standard InChI is InChI=1S/C15H32N2/c1-6-16-14-9-8-13(5)10-15(14)17(7-2)11-12(3)4/h12-16H,6-11H2,1-5H3. The molecule has 3 unspecified atom stereocenters. The lowest BCUT2D eigenvalue weighted by Gasteiger charge is -2.42. The highest BCUT2D eigenvalue weighted by molar-refractivity contribution is 4.90. The molecule has 0 aromatic rings. The van der Waals surface area contributed by atoms with Gasteiger partial charge in [-0.2, -0.15) is 0 Å². The molecule has 0 aliphatic heterocycles. The van der Waals surface area contributed by atoms with Crippen LogP contribution in [0.5, 0.6) is 0 Å². The minimum Gasteiger partial charge on any atom is -0.313 e. The second-order valence-corrected chi connectivity index (χ2v) is 6.13. The van der Waals surface area contributed by atoms with Gasteiger partial charge in [-0.3, -0.25) is 4.90 Å². The van der Waals surface area contributed by atoms with Crippen LogP contribution >= 0.6 is 0 Å². The number of nitrogens with one attached hydrogen (secondary N) is 1. The van der Waals surface area contributed by atoms with Gasteiger partial charge in [0.25, 0.3) is 0 Å². The van der Waals surface area contributed by atoms with Crippen LogP contribution in [0.3, 0.4) is 0 Å². The van der Waals surface area contributed by atoms with E-state index in [4.69, 9.17) is 0 Å². The fraction of sp³-hybridized carbons (Fsp3) is 1.00. The normalized spacial score (nSPS) is 30.2. The molecule has 0 amide bonds. The van der Waals surface area contributed by atoms with Gasteiger partial charge >= 0.3 is 0 Å². The first-order chi connectivity index (χ1) is 8.08. The SMILES string of the molecule is CCNC1CCC(C)CC1N(CC)CC(C)C. The van der Waals surface area contributed by atoms with E-state index in [9.17, 15) is 0 Å². The fourth-order valence-corrected chi connectivity index (χ4v) is 3.22. The highest BCUT2D eigenvalue weighted by atomic mass is 15.2. The minimum absolute atomic E-state index is 0.718. The van der Waals surface area contributed by atoms with E-state index in [0.29, 0.717) is 0 Å². The van der Waals surface area contributed by atoms with Crippen molar-refractivity contribution in [3.8, 4) is 0 Å². The van der Waals surface area contributed by atoms with Crippen LogP contribution in [-0.2, 0) is 0 Å². The molecule has 3 atom stereocenters. The topological polar surface area (TPSA) is 15.3 Å². The first-order valence-electron chi connectivity index (χ1n) is 7.55. The first-order valence-corrected chi connectivity index (χ1v) is 7.55. The van der Waals surface area contributed by atoms with Crippen molar-refractivity contribution in [2.45, 2.75) is 66.0 Å². The van der Waals surface area contributed by atoms with Gasteiger partial charge in [0, 0.05) is 18.6 Å². The highest BCUT2D eigenvalue weighted by Crippen LogP contribution is 2.28. The summed E-state index contributed by atoms with van der Waals surface area (Å²) in [5.74, 6) is 1.67. The monoisotopic (exact) mass is 240 g/mol. The molecule has 0 aromatic heterocycles. The molecule has 2 heteroatoms. The quantitative estimate of drug-likeness (QED) is 0.767. The van der Waals surface area contributed by atoms with Crippen LogP contribution in [0.15, 0.2) is 0 Å². The van der Waals surface area contributed by atoms with E-state index in [2.05, 4.69) is 44.8 Å². The lowest BCUT2D eigenvalue weighted by molar-refractivity contribution is 0.0956. The van der Waals surface area contributed by atoms with Gasteiger partial charge in [0.05, 0.1) is 0 Å². The van der Waals surface area contributed by atoms with Crippen LogP contribution in [0, 0.1) is 11.8 Å². The molecule has 0 bridgehead atoms. The van der Waals surface area contributed by atoms with E-state index in [1.165, 1.54) is 32.4 Å². The Bertz CT molecular complexity index is 203. The molecule has 1 aliphatic carbocycles. The highest BCUT2D eigenvalue weighted by Gasteiger charge is 2.31. The van der Waals surface area contributed by atoms with Crippen LogP contribution < -0.4 is 5.32 Å². The molecule has 0 aromatic carbocycles. The Labute approximate surface area is 108 Å². The van der Waals surface area contributed by atoms with Gasteiger partial charge in [-0.15, -0.1) is 0 Å². The van der Waals surface area contributed by atoms with Crippen LogP contribution in [0.4, 0.5) is 0 Å². The van der Waals surface area contributed by atoms with E-state index in [1.54, 1.807) is 0 Å². The second kappa shape index (κ2) is 7.38. The van der Waals surface area contributed by atoms with Crippen molar-refractivity contribution >= 4 is 0 Å². The maximum absolute atomic E-state index is 3.70. The third-order valence-electron chi connectivity index (χ3n) is 4.02. The minimum atomic E-state index is 0.718. The van der Waals surface area contributed by atoms with Crippen molar-refractivity contribution in [2.24, 2.45) is 11.8 Å². The Kier molecular flexibility index (Phi) is 6.50. The predicted molar refractivity (Wildman–Crippen MR) is 76.4 cm³/mol. The summed E-state index contributed by atoms with van der Waals surface area (Å²) in [6.07, 6.45) is 4.12. The molecule has 1 N–H and O–H groups in total. The Balaban J connectivity index is 2.64. The molecule has 0 heterocycles. The van der Waals surface area contributed by atoms with E-state index in [1.807, 2.05) is 0 Å². The number of hydrogen-bond donors (Lipinski definition) is 1. The first kappa shape index (κ1) is 15.0. The molecule has 0 spiro atoms. The van der Waals surface area contributed by atoms with Crippen molar-refractivity contribution in [2.75, 3.05) is 19.6 Å². The lowest BCUT2D eigenvalue weighted by Crippen LogP contribution is -2.53. The number of nitrogens with zero attached hydrogens (tertiary/aromatic N) is 1. The third kappa shape index (κ3) is 4.59. The zero-order chi connectivity index (χ0) is 12.8. The molecular weight excluding hydrogens is 208 g/mol. The molecule has 1 saturated carbocycles. The van der Waals surface area contributed by atoms with Gasteiger partial charge < -0.3 is 5.32 Å². The number of hydrogen-bond acceptors (Lipinski definition) is 2. The second-order valence-electron chi connectivity index (χ2n) is 6.13. The summed E-state index contributed by atoms with van der Waals surface area (Å²) in [4.78, 5) is 2.70. The van der Waals surface area contributed by atoms with Gasteiger partial charge in [0.1, 0.15) is 0 Å². The van der Waals surface area contributed by atoms with E-state index < -0.39 is 0 Å². The molecule has 2 nitrogen and oxygen atoms in total. The van der Waals surface area contributed by atoms with Gasteiger partial charge in [-0.05, 0) is 44.2 Å². The van der Waals surface area contributed by atoms with Crippen molar-refractivity contribution in [3.05, 3.63) is 0 Å². The van der Waals surface area contributed by atoms with Crippen molar-refractivity contribution in [1.29, 1.82) is 0 Å². The van der Waals surface area contributed by atoms with Gasteiger partial charge in [-0.25, -0.2) is 0 Å². The summed E-state index contributed by atoms with van der Waals surface area (Å²) < 4.78 is 0. The maximum atomic E-state index is 3.70. The Hall–Kier alpha value is -0.0800. The molecule has 1 fully saturated rings. The Morgan fingerprint density at radius 1 is 1.24 bits per heavy atom. The lowest BCUT2D eigenvalue weighted by atomic mass is 9.82. The fourth-order valence-electron chi connectivity index (χ4n) is 3.22. The smallest absolute Gasteiger partial charge is 0.0251 e. The summed E-state index contributed by atoms with van der Waals surface area (Å²) in [5.41, 5.74) is 0. The molecule has 17 heavy (non-hydrogen) atoms. The van der Waals surface area contributed by atoms with E-state index in [0.717, 1.165) is 30.5 Å². The Morgan fingerprint density at radius 2 is 1.94 bits per heavy atom. The van der Waals surface area contributed by atoms with Gasteiger partial charge in [0.15, 0.2) is 0 Å². The van der Waals surface area contributed by atoms with E-state index in [-0.39, 0.29) is 0 Å². The summed E-state index contributed by atoms with van der Waals surface area (Å²) in [6, 6.07) is 1.47. The predicted octanol–water partition coefficient (Wildman–Crippen LogP) is 3.13. The molecule has 0 radical (unpaired) electrons. The maximum Gasteiger partial charge on any atom is 0.0251 e. The van der Waals surface area contributed by atoms with Gasteiger partial charge in [-0.1, -0.05) is 34.6 Å².